The number of hydrogen-bond acceptors (Lipinski definition) is 7. The van der Waals surface area contributed by atoms with E-state index in [1.165, 1.54) is 31.2 Å². The lowest BCUT2D eigenvalue weighted by atomic mass is 9.96. The van der Waals surface area contributed by atoms with E-state index in [0.717, 1.165) is 6.33 Å². The Labute approximate surface area is 209 Å². The zero-order chi connectivity index (χ0) is 30.7. The molecule has 0 radical (unpaired) electrons. The second-order valence-corrected chi connectivity index (χ2v) is 8.19. The Morgan fingerprint density at radius 1 is 1.27 bits per heavy atom. The highest BCUT2D eigenvalue weighted by Gasteiger charge is 2.33. The highest BCUT2D eigenvalue weighted by molar-refractivity contribution is 6.30. The summed E-state index contributed by atoms with van der Waals surface area (Å²) in [5.41, 5.74) is 0.251. The van der Waals surface area contributed by atoms with Crippen molar-refractivity contribution in [2.45, 2.75) is 38.8 Å². The maximum Gasteiger partial charge on any atom is 0.413 e. The van der Waals surface area contributed by atoms with Crippen molar-refractivity contribution in [2.75, 3.05) is 42.7 Å². The van der Waals surface area contributed by atoms with E-state index in [1.54, 1.807) is 0 Å². The summed E-state index contributed by atoms with van der Waals surface area (Å²) >= 11 is 6.00. The van der Waals surface area contributed by atoms with Gasteiger partial charge >= 0.3 is 6.09 Å². The van der Waals surface area contributed by atoms with Gasteiger partial charge in [-0.15, -0.1) is 0 Å². The molecule has 4 rings (SSSR count). The van der Waals surface area contributed by atoms with Gasteiger partial charge in [-0.1, -0.05) is 37.6 Å². The number of cyclic esters (lactones) is 1. The molecule has 1 fully saturated rings. The number of carbonyl (C=O) groups excluding carboxylic acids is 2. The van der Waals surface area contributed by atoms with E-state index < -0.39 is 55.8 Å². The molecule has 2 amide bonds. The van der Waals surface area contributed by atoms with Crippen molar-refractivity contribution in [1.82, 2.24) is 20.2 Å². The number of amides is 2. The number of aromatic nitrogens is 2. The predicted molar refractivity (Wildman–Crippen MR) is 127 cm³/mol. The molecule has 3 heterocycles. The number of nitrogens with one attached hydrogen (secondary N) is 2. The second kappa shape index (κ2) is 9.93. The molecule has 10 heteroatoms. The Morgan fingerprint density at radius 2 is 1.97 bits per heavy atom. The average molecular weight is 481 g/mol. The highest BCUT2D eigenvalue weighted by atomic mass is 35.5. The molecule has 2 aliphatic heterocycles. The molecular weight excluding hydrogens is 444 g/mol. The third kappa shape index (κ3) is 5.20. The third-order valence-electron chi connectivity index (χ3n) is 5.05. The minimum absolute atomic E-state index is 0.00707. The average Bonchev–Trinajstić information content (AvgIpc) is 2.83. The Balaban J connectivity index is 1.88. The first kappa shape index (κ1) is 15.1. The van der Waals surface area contributed by atoms with Gasteiger partial charge in [-0.2, -0.15) is 0 Å². The first-order valence-electron chi connectivity index (χ1n) is 14.3. The van der Waals surface area contributed by atoms with E-state index in [9.17, 15) is 9.59 Å². The zero-order valence-electron chi connectivity index (χ0n) is 26.2. The molecule has 33 heavy (non-hydrogen) atoms. The van der Waals surface area contributed by atoms with Crippen molar-refractivity contribution in [2.24, 2.45) is 0 Å². The summed E-state index contributed by atoms with van der Waals surface area (Å²) in [5.74, 6) is -3.09. The van der Waals surface area contributed by atoms with Crippen molar-refractivity contribution in [3.8, 4) is 0 Å². The van der Waals surface area contributed by atoms with Crippen LogP contribution in [-0.2, 0) is 9.53 Å². The molecule has 9 nitrogen and oxygen atoms in total. The lowest BCUT2D eigenvalue weighted by Gasteiger charge is -2.38. The third-order valence-corrected chi connectivity index (χ3v) is 5.31. The van der Waals surface area contributed by atoms with Crippen LogP contribution >= 0.6 is 11.6 Å². The maximum absolute atomic E-state index is 14.1. The van der Waals surface area contributed by atoms with E-state index in [4.69, 9.17) is 27.3 Å². The topological polar surface area (TPSA) is 99.7 Å². The fourth-order valence-electron chi connectivity index (χ4n) is 3.41. The molecule has 2 atom stereocenters. The lowest BCUT2D eigenvalue weighted by Crippen LogP contribution is -2.51. The van der Waals surface area contributed by atoms with E-state index in [2.05, 4.69) is 20.6 Å². The molecule has 176 valence electrons. The number of anilines is 2. The predicted octanol–water partition coefficient (Wildman–Crippen LogP) is 3.18. The van der Waals surface area contributed by atoms with Crippen LogP contribution in [0.25, 0.3) is 0 Å². The van der Waals surface area contributed by atoms with Gasteiger partial charge in [0.25, 0.3) is 0 Å². The van der Waals surface area contributed by atoms with Crippen LogP contribution in [0.3, 0.4) is 0 Å². The molecule has 0 aliphatic carbocycles. The van der Waals surface area contributed by atoms with Crippen LogP contribution in [0.15, 0.2) is 30.6 Å². The van der Waals surface area contributed by atoms with Crippen LogP contribution in [0.1, 0.15) is 54.9 Å². The Kier molecular flexibility index (Phi) is 4.54. The van der Waals surface area contributed by atoms with Crippen molar-refractivity contribution in [1.29, 1.82) is 0 Å². The van der Waals surface area contributed by atoms with Crippen LogP contribution in [0.2, 0.25) is 5.02 Å². The molecule has 2 N–H and O–H groups in total. The first-order valence-corrected chi connectivity index (χ1v) is 10.7. The number of piperazine rings is 1. The summed E-state index contributed by atoms with van der Waals surface area (Å²) in [5, 5.41) is 5.73. The number of fused-ring (bicyclic) bond motifs is 1. The SMILES string of the molecule is [2H]C1([2H])N(C(=O)[C@H](CNC(C)C)c2ccc(Cl)cc2)C([2H])([2H])C([2H])([2H])N(c2ncnc3c2[C@H](C)OC(=O)N3)C1([2H])[2H]. The summed E-state index contributed by atoms with van der Waals surface area (Å²) < 4.78 is 75.8. The summed E-state index contributed by atoms with van der Waals surface area (Å²) in [6, 6.07) is 5.93. The van der Waals surface area contributed by atoms with Crippen LogP contribution < -0.4 is 15.5 Å². The first-order chi connectivity index (χ1) is 18.9. The highest BCUT2D eigenvalue weighted by Crippen LogP contribution is 2.35. The van der Waals surface area contributed by atoms with Gasteiger partial charge in [0.15, 0.2) is 0 Å². The van der Waals surface area contributed by atoms with Crippen molar-refractivity contribution in [3.63, 3.8) is 0 Å². The fraction of sp³-hybridized carbons (Fsp3) is 0.478. The number of benzene rings is 1. The van der Waals surface area contributed by atoms with Crippen LogP contribution in [0.5, 0.6) is 0 Å². The van der Waals surface area contributed by atoms with Crippen LogP contribution in [0, 0.1) is 0 Å². The van der Waals surface area contributed by atoms with Gasteiger partial charge in [-0.3, -0.25) is 10.1 Å². The molecule has 1 aromatic carbocycles. The summed E-state index contributed by atoms with van der Waals surface area (Å²) in [6.07, 6.45) is -1.09. The largest absolute Gasteiger partial charge is 0.441 e. The summed E-state index contributed by atoms with van der Waals surface area (Å²) in [7, 11) is 0. The van der Waals surface area contributed by atoms with E-state index in [0.29, 0.717) is 10.6 Å². The van der Waals surface area contributed by atoms with E-state index in [1.807, 2.05) is 13.8 Å². The number of rotatable bonds is 6. The molecule has 1 aromatic heterocycles. The smallest absolute Gasteiger partial charge is 0.413 e. The minimum atomic E-state index is -3.46. The Hall–Kier alpha value is -2.91. The van der Waals surface area contributed by atoms with Gasteiger partial charge in [-0.25, -0.2) is 14.8 Å². The van der Waals surface area contributed by atoms with E-state index in [-0.39, 0.29) is 33.8 Å². The van der Waals surface area contributed by atoms with Gasteiger partial charge in [0.2, 0.25) is 5.91 Å². The number of hydrogen-bond donors (Lipinski definition) is 2. The van der Waals surface area contributed by atoms with Gasteiger partial charge in [0.05, 0.1) is 22.4 Å². The molecule has 0 spiro atoms. The van der Waals surface area contributed by atoms with Crippen molar-refractivity contribution in [3.05, 3.63) is 46.7 Å². The molecule has 2 aromatic rings. The fourth-order valence-corrected chi connectivity index (χ4v) is 3.53. The molecular formula is C23H29ClN6O3. The van der Waals surface area contributed by atoms with E-state index >= 15 is 0 Å². The zero-order valence-corrected chi connectivity index (χ0v) is 19.0. The van der Waals surface area contributed by atoms with Gasteiger partial charge in [-0.05, 0) is 24.6 Å². The second-order valence-electron chi connectivity index (χ2n) is 7.76. The molecule has 2 aliphatic rings. The van der Waals surface area contributed by atoms with Gasteiger partial charge < -0.3 is 19.9 Å². The normalized spacial score (nSPS) is 28.8. The Morgan fingerprint density at radius 3 is 2.64 bits per heavy atom. The standard InChI is InChI=1S/C23H29ClN6O3/c1-14(2)25-12-18(16-4-6-17(24)7-5-16)22(31)30-10-8-29(9-11-30)21-19-15(3)33-23(32)28-20(19)26-13-27-21/h4-7,13-15,18,25H,8-12H2,1-3H3,(H,26,27,28,32)/t15-,18+/m0/s1/i8D2,9D2,10D2,11D2. The van der Waals surface area contributed by atoms with Crippen LogP contribution in [0.4, 0.5) is 16.4 Å². The maximum atomic E-state index is 14.1. The molecule has 0 unspecified atom stereocenters. The lowest BCUT2D eigenvalue weighted by molar-refractivity contribution is -0.133. The quantitative estimate of drug-likeness (QED) is 0.654. The van der Waals surface area contributed by atoms with Crippen LogP contribution in [-0.4, -0.2) is 65.4 Å². The van der Waals surface area contributed by atoms with Gasteiger partial charge in [0, 0.05) is 43.6 Å². The summed E-state index contributed by atoms with van der Waals surface area (Å²) in [4.78, 5) is 34.1. The number of nitrogens with zero attached hydrogens (tertiary/aromatic N) is 4. The molecule has 1 saturated heterocycles. The molecule has 0 saturated carbocycles. The summed E-state index contributed by atoms with van der Waals surface area (Å²) in [6.45, 7) is -8.78. The number of ether oxygens (including phenoxy) is 1. The Bertz CT molecular complexity index is 1320. The number of halogens is 1. The molecule has 0 bridgehead atoms. The van der Waals surface area contributed by atoms with Gasteiger partial charge in [0.1, 0.15) is 24.1 Å². The minimum Gasteiger partial charge on any atom is -0.441 e. The van der Waals surface area contributed by atoms with Crippen molar-refractivity contribution < 1.29 is 25.3 Å². The number of carbonyl (C=O) groups is 2. The van der Waals surface area contributed by atoms with Crippen molar-refractivity contribution >= 4 is 35.2 Å². The monoisotopic (exact) mass is 480 g/mol.